The standard InChI is InChI=1S/C16H22N2S/c1-10-6-12(3)14(7-11(10)2)15-9-19-16(18-15)13(4)8-17-5/h6-7,9,13,17H,8H2,1-5H3. The average Bonchev–Trinajstić information content (AvgIpc) is 2.83. The molecule has 1 heterocycles. The van der Waals surface area contributed by atoms with Gasteiger partial charge in [0.15, 0.2) is 0 Å². The van der Waals surface area contributed by atoms with Crippen LogP contribution in [0.4, 0.5) is 0 Å². The van der Waals surface area contributed by atoms with Crippen molar-refractivity contribution in [3.63, 3.8) is 0 Å². The molecule has 0 saturated carbocycles. The molecule has 2 nitrogen and oxygen atoms in total. The second kappa shape index (κ2) is 5.85. The number of thiazole rings is 1. The van der Waals surface area contributed by atoms with Crippen LogP contribution in [0.3, 0.4) is 0 Å². The molecule has 0 aliphatic heterocycles. The molecule has 0 bridgehead atoms. The van der Waals surface area contributed by atoms with Gasteiger partial charge >= 0.3 is 0 Å². The Hall–Kier alpha value is -1.19. The van der Waals surface area contributed by atoms with Gasteiger partial charge in [-0.2, -0.15) is 0 Å². The summed E-state index contributed by atoms with van der Waals surface area (Å²) in [6.45, 7) is 9.67. The third kappa shape index (κ3) is 3.04. The van der Waals surface area contributed by atoms with Crippen molar-refractivity contribution in [2.45, 2.75) is 33.6 Å². The van der Waals surface area contributed by atoms with E-state index in [1.165, 1.54) is 27.3 Å². The number of hydrogen-bond donors (Lipinski definition) is 1. The van der Waals surface area contributed by atoms with E-state index in [-0.39, 0.29) is 0 Å². The van der Waals surface area contributed by atoms with E-state index in [2.05, 4.69) is 50.5 Å². The Bertz CT molecular complexity index is 572. The summed E-state index contributed by atoms with van der Waals surface area (Å²) in [6, 6.07) is 4.51. The SMILES string of the molecule is CNCC(C)c1nc(-c2cc(C)c(C)cc2C)cs1. The smallest absolute Gasteiger partial charge is 0.0973 e. The van der Waals surface area contributed by atoms with Crippen LogP contribution in [0.25, 0.3) is 11.3 Å². The maximum atomic E-state index is 4.81. The number of nitrogens with one attached hydrogen (secondary N) is 1. The number of rotatable bonds is 4. The number of aryl methyl sites for hydroxylation is 3. The highest BCUT2D eigenvalue weighted by Crippen LogP contribution is 2.29. The zero-order valence-electron chi connectivity index (χ0n) is 12.4. The van der Waals surface area contributed by atoms with Crippen LogP contribution in [0, 0.1) is 20.8 Å². The predicted molar refractivity (Wildman–Crippen MR) is 84.1 cm³/mol. The summed E-state index contributed by atoms with van der Waals surface area (Å²) < 4.78 is 0. The van der Waals surface area contributed by atoms with Gasteiger partial charge in [0, 0.05) is 23.4 Å². The topological polar surface area (TPSA) is 24.9 Å². The fraction of sp³-hybridized carbons (Fsp3) is 0.438. The third-order valence-corrected chi connectivity index (χ3v) is 4.65. The molecule has 0 fully saturated rings. The van der Waals surface area contributed by atoms with E-state index < -0.39 is 0 Å². The summed E-state index contributed by atoms with van der Waals surface area (Å²) in [5, 5.41) is 6.60. The number of hydrogen-bond acceptors (Lipinski definition) is 3. The van der Waals surface area contributed by atoms with Gasteiger partial charge < -0.3 is 5.32 Å². The van der Waals surface area contributed by atoms with Crippen molar-refractivity contribution >= 4 is 11.3 Å². The van der Waals surface area contributed by atoms with Crippen LogP contribution in [-0.2, 0) is 0 Å². The summed E-state index contributed by atoms with van der Waals surface area (Å²) in [6.07, 6.45) is 0. The minimum atomic E-state index is 0.468. The van der Waals surface area contributed by atoms with E-state index >= 15 is 0 Å². The predicted octanol–water partition coefficient (Wildman–Crippen LogP) is 4.06. The van der Waals surface area contributed by atoms with Gasteiger partial charge in [-0.05, 0) is 50.6 Å². The summed E-state index contributed by atoms with van der Waals surface area (Å²) in [7, 11) is 1.98. The molecule has 102 valence electrons. The van der Waals surface area contributed by atoms with Gasteiger partial charge in [0.25, 0.3) is 0 Å². The van der Waals surface area contributed by atoms with Crippen LogP contribution in [0.1, 0.15) is 34.5 Å². The van der Waals surface area contributed by atoms with Gasteiger partial charge in [-0.3, -0.25) is 0 Å². The molecular formula is C16H22N2S. The zero-order valence-corrected chi connectivity index (χ0v) is 13.2. The van der Waals surface area contributed by atoms with Crippen molar-refractivity contribution < 1.29 is 0 Å². The molecule has 3 heteroatoms. The fourth-order valence-corrected chi connectivity index (χ4v) is 3.15. The highest BCUT2D eigenvalue weighted by Gasteiger charge is 2.12. The Balaban J connectivity index is 2.35. The third-order valence-electron chi connectivity index (χ3n) is 3.57. The van der Waals surface area contributed by atoms with Crippen molar-refractivity contribution in [3.8, 4) is 11.3 Å². The lowest BCUT2D eigenvalue weighted by Crippen LogP contribution is -2.14. The van der Waals surface area contributed by atoms with Crippen LogP contribution in [0.5, 0.6) is 0 Å². The molecule has 2 rings (SSSR count). The summed E-state index contributed by atoms with van der Waals surface area (Å²) in [5.41, 5.74) is 6.37. The minimum Gasteiger partial charge on any atom is -0.319 e. The highest BCUT2D eigenvalue weighted by molar-refractivity contribution is 7.10. The Kier molecular flexibility index (Phi) is 4.38. The van der Waals surface area contributed by atoms with E-state index in [1.807, 2.05) is 7.05 Å². The molecule has 1 aromatic carbocycles. The first-order chi connectivity index (χ1) is 9.02. The molecule has 1 aromatic heterocycles. The van der Waals surface area contributed by atoms with Crippen LogP contribution in [0.2, 0.25) is 0 Å². The van der Waals surface area contributed by atoms with Crippen molar-refractivity contribution in [2.24, 2.45) is 0 Å². The van der Waals surface area contributed by atoms with E-state index in [4.69, 9.17) is 4.98 Å². The lowest BCUT2D eigenvalue weighted by molar-refractivity contribution is 0.674. The van der Waals surface area contributed by atoms with Gasteiger partial charge in [0.05, 0.1) is 10.7 Å². The molecule has 0 radical (unpaired) electrons. The molecule has 0 aliphatic carbocycles. The van der Waals surface area contributed by atoms with Gasteiger partial charge in [-0.1, -0.05) is 13.0 Å². The highest BCUT2D eigenvalue weighted by atomic mass is 32.1. The summed E-state index contributed by atoms with van der Waals surface area (Å²) >= 11 is 1.76. The lowest BCUT2D eigenvalue weighted by atomic mass is 9.99. The van der Waals surface area contributed by atoms with Gasteiger partial charge in [-0.25, -0.2) is 4.98 Å². The van der Waals surface area contributed by atoms with Crippen molar-refractivity contribution in [1.82, 2.24) is 10.3 Å². The average molecular weight is 274 g/mol. The quantitative estimate of drug-likeness (QED) is 0.909. The van der Waals surface area contributed by atoms with E-state index in [0.29, 0.717) is 5.92 Å². The molecule has 1 N–H and O–H groups in total. The van der Waals surface area contributed by atoms with Crippen LogP contribution in [0.15, 0.2) is 17.5 Å². The first-order valence-corrected chi connectivity index (χ1v) is 7.59. The Morgan fingerprint density at radius 2 is 1.84 bits per heavy atom. The molecule has 0 aliphatic rings. The zero-order chi connectivity index (χ0) is 14.0. The Labute approximate surface area is 119 Å². The van der Waals surface area contributed by atoms with E-state index in [1.54, 1.807) is 11.3 Å². The second-order valence-corrected chi connectivity index (χ2v) is 6.17. The van der Waals surface area contributed by atoms with Crippen LogP contribution in [-0.4, -0.2) is 18.6 Å². The lowest BCUT2D eigenvalue weighted by Gasteiger charge is -2.08. The Morgan fingerprint density at radius 3 is 2.53 bits per heavy atom. The normalized spacial score (nSPS) is 12.7. The van der Waals surface area contributed by atoms with Crippen LogP contribution >= 0.6 is 11.3 Å². The molecular weight excluding hydrogens is 252 g/mol. The molecule has 2 aromatic rings. The van der Waals surface area contributed by atoms with Gasteiger partial charge in [0.1, 0.15) is 0 Å². The number of likely N-dealkylation sites (N-methyl/N-ethyl adjacent to an activating group) is 1. The van der Waals surface area contributed by atoms with Gasteiger partial charge in [-0.15, -0.1) is 11.3 Å². The first-order valence-electron chi connectivity index (χ1n) is 6.71. The monoisotopic (exact) mass is 274 g/mol. The summed E-state index contributed by atoms with van der Waals surface area (Å²) in [4.78, 5) is 4.81. The fourth-order valence-electron chi connectivity index (χ4n) is 2.27. The van der Waals surface area contributed by atoms with Crippen molar-refractivity contribution in [1.29, 1.82) is 0 Å². The minimum absolute atomic E-state index is 0.468. The first kappa shape index (κ1) is 14.2. The molecule has 0 saturated heterocycles. The van der Waals surface area contributed by atoms with E-state index in [0.717, 1.165) is 12.2 Å². The number of aromatic nitrogens is 1. The largest absolute Gasteiger partial charge is 0.319 e. The van der Waals surface area contributed by atoms with Crippen LogP contribution < -0.4 is 5.32 Å². The number of nitrogens with zero attached hydrogens (tertiary/aromatic N) is 1. The molecule has 0 spiro atoms. The Morgan fingerprint density at radius 1 is 1.16 bits per heavy atom. The maximum absolute atomic E-state index is 4.81. The maximum Gasteiger partial charge on any atom is 0.0973 e. The van der Waals surface area contributed by atoms with Gasteiger partial charge in [0.2, 0.25) is 0 Å². The second-order valence-electron chi connectivity index (χ2n) is 5.28. The van der Waals surface area contributed by atoms with Crippen molar-refractivity contribution in [3.05, 3.63) is 39.2 Å². The molecule has 1 unspecified atom stereocenters. The number of benzene rings is 1. The molecule has 0 amide bonds. The van der Waals surface area contributed by atoms with E-state index in [9.17, 15) is 0 Å². The molecule has 1 atom stereocenters. The molecule has 19 heavy (non-hydrogen) atoms. The van der Waals surface area contributed by atoms with Crippen molar-refractivity contribution in [2.75, 3.05) is 13.6 Å². The summed E-state index contributed by atoms with van der Waals surface area (Å²) in [5.74, 6) is 0.468.